The van der Waals surface area contributed by atoms with Gasteiger partial charge >= 0.3 is 0 Å². The third-order valence-electron chi connectivity index (χ3n) is 11.0. The number of hydrogen-bond acceptors (Lipinski definition) is 8. The molecule has 12 heteroatoms. The van der Waals surface area contributed by atoms with Crippen molar-refractivity contribution in [2.75, 3.05) is 0 Å². The zero-order valence-electron chi connectivity index (χ0n) is 40.2. The van der Waals surface area contributed by atoms with Gasteiger partial charge in [-0.15, -0.1) is 0 Å². The lowest BCUT2D eigenvalue weighted by atomic mass is 9.79. The highest BCUT2D eigenvalue weighted by Crippen LogP contribution is 2.35. The fraction of sp³-hybridized carbons (Fsp3) is 0.667. The van der Waals surface area contributed by atoms with Crippen LogP contribution in [-0.2, 0) is 51.4 Å². The molecule has 0 heterocycles. The van der Waals surface area contributed by atoms with E-state index in [1.54, 1.807) is 0 Å². The lowest BCUT2D eigenvalue weighted by Gasteiger charge is -2.28. The Balaban J connectivity index is -0.000000490. The molecule has 12 nitrogen and oxygen atoms in total. The van der Waals surface area contributed by atoms with Crippen LogP contribution in [0.15, 0.2) is 0 Å². The zero-order valence-corrected chi connectivity index (χ0v) is 40.2. The molecule has 0 radical (unpaired) electrons. The normalized spacial score (nSPS) is 10.3. The largest absolute Gasteiger partial charge is 0.545 e. The molecule has 2 aromatic carbocycles. The monoisotopic (exact) mass is 849 g/mol. The van der Waals surface area contributed by atoms with Crippen LogP contribution >= 0.6 is 0 Å². The fourth-order valence-corrected chi connectivity index (χ4v) is 7.98. The van der Waals surface area contributed by atoms with Crippen molar-refractivity contribution in [3.05, 3.63) is 66.8 Å². The third kappa shape index (κ3) is 18.0. The number of carbonyl (C=O) groups is 4. The number of carboxylic acid groups (broad SMARTS) is 4. The van der Waals surface area contributed by atoms with Gasteiger partial charge in [0, 0.05) is 22.3 Å². The Morgan fingerprint density at radius 1 is 0.267 bits per heavy atom. The molecule has 0 saturated carbocycles. The van der Waals surface area contributed by atoms with E-state index in [0.29, 0.717) is 47.9 Å². The number of carboxylic acids is 4. The third-order valence-corrected chi connectivity index (χ3v) is 11.0. The molecule has 60 heavy (non-hydrogen) atoms. The van der Waals surface area contributed by atoms with Crippen molar-refractivity contribution in [2.45, 2.75) is 209 Å². The molecule has 0 spiro atoms. The van der Waals surface area contributed by atoms with E-state index in [9.17, 15) is 39.6 Å². The molecule has 348 valence electrons. The van der Waals surface area contributed by atoms with Crippen molar-refractivity contribution in [2.24, 2.45) is 0 Å². The molecule has 0 unspecified atom stereocenters. The lowest BCUT2D eigenvalue weighted by Crippen LogP contribution is -2.34. The number of aromatic carboxylic acids is 4. The Bertz CT molecular complexity index is 1350. The molecule has 0 aromatic heterocycles. The molecule has 0 bridgehead atoms. The van der Waals surface area contributed by atoms with Gasteiger partial charge in [0.25, 0.3) is 0 Å². The minimum atomic E-state index is -1.39. The van der Waals surface area contributed by atoms with E-state index in [4.69, 9.17) is 0 Å². The molecule has 0 aliphatic carbocycles. The summed E-state index contributed by atoms with van der Waals surface area (Å²) in [7, 11) is 0. The number of unbranched alkanes of at least 4 members (excludes halogenated alkanes) is 8. The zero-order chi connectivity index (χ0) is 42.2. The number of quaternary nitrogens is 4. The molecule has 0 saturated heterocycles. The quantitative estimate of drug-likeness (QED) is 0.0638. The summed E-state index contributed by atoms with van der Waals surface area (Å²) in [5, 5.41) is 48.3. The van der Waals surface area contributed by atoms with Crippen LogP contribution in [0.1, 0.15) is 244 Å². The topological polar surface area (TPSA) is 307 Å². The minimum Gasteiger partial charge on any atom is -0.545 e. The van der Waals surface area contributed by atoms with Crippen LogP contribution in [0, 0.1) is 0 Å². The van der Waals surface area contributed by atoms with Crippen molar-refractivity contribution in [3.8, 4) is 0 Å². The van der Waals surface area contributed by atoms with E-state index >= 15 is 0 Å². The standard InChI is InChI=1S/2C24H38O4.4H3N/c2*1-5-9-13-17-18(14-10-6-2)20(16-12-8-4)22(24(27)28)21(23(25)26)19(17)15-11-7-3;;;;/h2*5-16H2,1-4H3,(H,25,26)(H,27,28);4*1H3. The van der Waals surface area contributed by atoms with Crippen LogP contribution in [0.3, 0.4) is 0 Å². The molecular formula is C48H88N4O8. The van der Waals surface area contributed by atoms with Crippen molar-refractivity contribution in [3.63, 3.8) is 0 Å². The van der Waals surface area contributed by atoms with Crippen molar-refractivity contribution >= 4 is 23.9 Å². The Hall–Kier alpha value is -3.84. The summed E-state index contributed by atoms with van der Waals surface area (Å²) in [5.74, 6) is -5.55. The highest BCUT2D eigenvalue weighted by Gasteiger charge is 2.25. The predicted molar refractivity (Wildman–Crippen MR) is 243 cm³/mol. The number of rotatable bonds is 28. The van der Waals surface area contributed by atoms with Crippen LogP contribution in [0.25, 0.3) is 0 Å². The first-order valence-electron chi connectivity index (χ1n) is 22.1. The van der Waals surface area contributed by atoms with E-state index in [2.05, 4.69) is 55.4 Å². The number of carbonyl (C=O) groups excluding carboxylic acids is 4. The summed E-state index contributed by atoms with van der Waals surface area (Å²) < 4.78 is 0. The molecule has 0 aliphatic heterocycles. The van der Waals surface area contributed by atoms with Gasteiger partial charge in [0.1, 0.15) is 0 Å². The highest BCUT2D eigenvalue weighted by molar-refractivity contribution is 6.04. The van der Waals surface area contributed by atoms with Crippen LogP contribution in [0.5, 0.6) is 0 Å². The van der Waals surface area contributed by atoms with Crippen LogP contribution in [0.4, 0.5) is 0 Å². The first kappa shape index (κ1) is 62.8. The molecular weight excluding hydrogens is 761 g/mol. The van der Waals surface area contributed by atoms with E-state index < -0.39 is 23.9 Å². The van der Waals surface area contributed by atoms with Gasteiger partial charge in [0.2, 0.25) is 0 Å². The van der Waals surface area contributed by atoms with Crippen molar-refractivity contribution < 1.29 is 39.6 Å². The summed E-state index contributed by atoms with van der Waals surface area (Å²) in [6.07, 6.45) is 20.3. The van der Waals surface area contributed by atoms with E-state index in [0.717, 1.165) is 151 Å². The van der Waals surface area contributed by atoms with Crippen LogP contribution in [0.2, 0.25) is 0 Å². The molecule has 0 atom stereocenters. The molecule has 16 N–H and O–H groups in total. The molecule has 0 aliphatic rings. The smallest absolute Gasteiger partial charge is 0.0724 e. The van der Waals surface area contributed by atoms with Gasteiger partial charge < -0.3 is 64.2 Å². The average molecular weight is 849 g/mol. The van der Waals surface area contributed by atoms with E-state index in [1.165, 1.54) is 0 Å². The molecule has 2 rings (SSSR count). The Morgan fingerprint density at radius 2 is 0.383 bits per heavy atom. The first-order chi connectivity index (χ1) is 26.9. The van der Waals surface area contributed by atoms with Gasteiger partial charge in [-0.25, -0.2) is 0 Å². The maximum absolute atomic E-state index is 12.1. The van der Waals surface area contributed by atoms with Gasteiger partial charge in [-0.3, -0.25) is 0 Å². The first-order valence-corrected chi connectivity index (χ1v) is 22.1. The van der Waals surface area contributed by atoms with Crippen molar-refractivity contribution in [1.29, 1.82) is 0 Å². The fourth-order valence-electron chi connectivity index (χ4n) is 7.98. The second-order valence-electron chi connectivity index (χ2n) is 15.3. The van der Waals surface area contributed by atoms with Gasteiger partial charge in [-0.2, -0.15) is 0 Å². The summed E-state index contributed by atoms with van der Waals surface area (Å²) >= 11 is 0. The minimum absolute atomic E-state index is 0. The summed E-state index contributed by atoms with van der Waals surface area (Å²) in [4.78, 5) is 48.3. The van der Waals surface area contributed by atoms with Crippen molar-refractivity contribution in [1.82, 2.24) is 24.6 Å². The molecule has 0 fully saturated rings. The van der Waals surface area contributed by atoms with Crippen LogP contribution in [-0.4, -0.2) is 23.9 Å². The lowest BCUT2D eigenvalue weighted by molar-refractivity contribution is -0.259. The Labute approximate surface area is 363 Å². The molecule has 2 aromatic rings. The second-order valence-corrected chi connectivity index (χ2v) is 15.3. The second kappa shape index (κ2) is 34.8. The van der Waals surface area contributed by atoms with E-state index in [1.807, 2.05) is 0 Å². The van der Waals surface area contributed by atoms with E-state index in [-0.39, 0.29) is 46.9 Å². The summed E-state index contributed by atoms with van der Waals surface area (Å²) in [6, 6.07) is 0. The summed E-state index contributed by atoms with van der Waals surface area (Å²) in [6.45, 7) is 16.7. The Morgan fingerprint density at radius 3 is 0.483 bits per heavy atom. The van der Waals surface area contributed by atoms with Gasteiger partial charge in [0.15, 0.2) is 0 Å². The predicted octanol–water partition coefficient (Wildman–Crippen LogP) is 9.07. The van der Waals surface area contributed by atoms with Gasteiger partial charge in [0.05, 0.1) is 23.9 Å². The van der Waals surface area contributed by atoms with Gasteiger partial charge in [-0.05, 0) is 147 Å². The maximum atomic E-state index is 12.1. The molecule has 0 amide bonds. The number of benzene rings is 2. The summed E-state index contributed by atoms with van der Waals surface area (Å²) in [5.41, 5.74) is 6.52. The van der Waals surface area contributed by atoms with Gasteiger partial charge in [-0.1, -0.05) is 107 Å². The maximum Gasteiger partial charge on any atom is 0.0724 e. The Kier molecular flexibility index (Phi) is 36.5. The van der Waals surface area contributed by atoms with Crippen LogP contribution < -0.4 is 45.0 Å². The SMILES string of the molecule is CCCCc1c(CCCC)c(CCCC)c(C(=O)[O-])c(C(=O)[O-])c1CCCC.CCCCc1c(CCCC)c(CCCC)c(C(=O)[O-])c(C(=O)[O-])c1CCCC.[NH4+].[NH4+].[NH4+].[NH4+]. The highest BCUT2D eigenvalue weighted by atomic mass is 16.4. The number of hydrogen-bond donors (Lipinski definition) is 4. The average Bonchev–Trinajstić information content (AvgIpc) is 3.16.